The number of ether oxygens (including phenoxy) is 2. The van der Waals surface area contributed by atoms with Crippen molar-refractivity contribution in [3.63, 3.8) is 0 Å². The average Bonchev–Trinajstić information content (AvgIpc) is 3.53. The quantitative estimate of drug-likeness (QED) is 0.612. The van der Waals surface area contributed by atoms with Gasteiger partial charge in [0.1, 0.15) is 12.6 Å². The van der Waals surface area contributed by atoms with Crippen LogP contribution in [0.5, 0.6) is 5.75 Å². The number of nitrogens with one attached hydrogen (secondary N) is 1. The fourth-order valence-electron chi connectivity index (χ4n) is 4.21. The highest BCUT2D eigenvalue weighted by molar-refractivity contribution is 5.98. The van der Waals surface area contributed by atoms with E-state index in [0.717, 1.165) is 32.1 Å². The minimum atomic E-state index is -3.07. The highest BCUT2D eigenvalue weighted by Gasteiger charge is 2.42. The maximum Gasteiger partial charge on any atom is 0.387 e. The van der Waals surface area contributed by atoms with Crippen LogP contribution in [0.2, 0.25) is 0 Å². The van der Waals surface area contributed by atoms with Crippen LogP contribution in [0.4, 0.5) is 20.2 Å². The number of nitrogens with zero attached hydrogens (tertiary/aromatic N) is 2. The number of carbonyl (C=O) groups excluding carboxylic acids is 2. The summed E-state index contributed by atoms with van der Waals surface area (Å²) in [6.45, 7) is -2.34. The van der Waals surface area contributed by atoms with E-state index >= 15 is 0 Å². The minimum absolute atomic E-state index is 0.0696. The molecule has 3 fully saturated rings. The summed E-state index contributed by atoms with van der Waals surface area (Å²) in [7, 11) is 0. The SMILES string of the molecule is NC[C@@H](C(=O)Nc1ccc(N2CCOCC2=O)cc1OC(F)F)N(C1CCC1)C1CC1. The molecule has 3 N–H and O–H groups in total. The maximum atomic E-state index is 13.1. The Labute approximate surface area is 179 Å². The number of alkyl halides is 2. The van der Waals surface area contributed by atoms with Gasteiger partial charge in [0.15, 0.2) is 5.75 Å². The standard InChI is InChI=1S/C21H28F2N4O4/c22-21(23)31-18-10-15(26-8-9-30-12-19(26)28)6-7-16(18)25-20(29)17(11-24)27(14-4-5-14)13-2-1-3-13/h6-7,10,13-14,17,21H,1-5,8-9,11-12,24H2,(H,25,29)/t17-/m0/s1. The molecule has 1 atom stereocenters. The lowest BCUT2D eigenvalue weighted by Crippen LogP contribution is -2.55. The molecule has 3 aliphatic rings. The van der Waals surface area contributed by atoms with Crippen molar-refractivity contribution in [1.29, 1.82) is 0 Å². The van der Waals surface area contributed by atoms with Crippen molar-refractivity contribution < 1.29 is 27.8 Å². The highest BCUT2D eigenvalue weighted by Crippen LogP contribution is 2.38. The monoisotopic (exact) mass is 438 g/mol. The van der Waals surface area contributed by atoms with Gasteiger partial charge in [0, 0.05) is 36.9 Å². The Morgan fingerprint density at radius 1 is 1.29 bits per heavy atom. The second-order valence-electron chi connectivity index (χ2n) is 8.16. The van der Waals surface area contributed by atoms with Gasteiger partial charge in [-0.25, -0.2) is 0 Å². The number of amides is 2. The Balaban J connectivity index is 1.54. The minimum Gasteiger partial charge on any atom is -0.433 e. The predicted octanol–water partition coefficient (Wildman–Crippen LogP) is 1.93. The molecule has 0 bridgehead atoms. The first-order valence-corrected chi connectivity index (χ1v) is 10.7. The fraction of sp³-hybridized carbons (Fsp3) is 0.619. The molecular formula is C21H28F2N4O4. The number of hydrogen-bond acceptors (Lipinski definition) is 6. The van der Waals surface area contributed by atoms with E-state index in [-0.39, 0.29) is 36.4 Å². The molecule has 0 unspecified atom stereocenters. The zero-order valence-electron chi connectivity index (χ0n) is 17.3. The second-order valence-corrected chi connectivity index (χ2v) is 8.16. The van der Waals surface area contributed by atoms with Gasteiger partial charge in [0.2, 0.25) is 5.91 Å². The molecule has 31 heavy (non-hydrogen) atoms. The smallest absolute Gasteiger partial charge is 0.387 e. The summed E-state index contributed by atoms with van der Waals surface area (Å²) in [6.07, 6.45) is 5.32. The Morgan fingerprint density at radius 2 is 2.03 bits per heavy atom. The van der Waals surface area contributed by atoms with Crippen LogP contribution < -0.4 is 20.7 Å². The molecule has 0 spiro atoms. The lowest BCUT2D eigenvalue weighted by Gasteiger charge is -2.41. The molecule has 1 aromatic rings. The van der Waals surface area contributed by atoms with Gasteiger partial charge in [-0.3, -0.25) is 14.5 Å². The largest absolute Gasteiger partial charge is 0.433 e. The molecule has 2 amide bonds. The summed E-state index contributed by atoms with van der Waals surface area (Å²) >= 11 is 0. The summed E-state index contributed by atoms with van der Waals surface area (Å²) < 4.78 is 35.9. The number of nitrogens with two attached hydrogens (primary N) is 1. The van der Waals surface area contributed by atoms with Gasteiger partial charge in [0.05, 0.1) is 12.3 Å². The van der Waals surface area contributed by atoms with E-state index in [4.69, 9.17) is 10.5 Å². The van der Waals surface area contributed by atoms with Crippen molar-refractivity contribution >= 4 is 23.2 Å². The summed E-state index contributed by atoms with van der Waals surface area (Å²) in [4.78, 5) is 28.8. The van der Waals surface area contributed by atoms with E-state index in [1.165, 1.54) is 17.0 Å². The van der Waals surface area contributed by atoms with E-state index in [2.05, 4.69) is 15.0 Å². The zero-order chi connectivity index (χ0) is 22.0. The average molecular weight is 438 g/mol. The van der Waals surface area contributed by atoms with Crippen molar-refractivity contribution in [3.05, 3.63) is 18.2 Å². The van der Waals surface area contributed by atoms with E-state index in [1.54, 1.807) is 6.07 Å². The van der Waals surface area contributed by atoms with Crippen molar-refractivity contribution in [2.24, 2.45) is 5.73 Å². The third kappa shape index (κ3) is 4.97. The number of anilines is 2. The molecule has 1 saturated heterocycles. The molecule has 10 heteroatoms. The summed E-state index contributed by atoms with van der Waals surface area (Å²) in [6, 6.07) is 4.59. The van der Waals surface area contributed by atoms with E-state index in [9.17, 15) is 18.4 Å². The fourth-order valence-corrected chi connectivity index (χ4v) is 4.21. The summed E-state index contributed by atoms with van der Waals surface area (Å²) in [5, 5.41) is 2.73. The van der Waals surface area contributed by atoms with Gasteiger partial charge >= 0.3 is 6.61 Å². The van der Waals surface area contributed by atoms with Gasteiger partial charge in [-0.15, -0.1) is 0 Å². The first kappa shape index (κ1) is 21.9. The maximum absolute atomic E-state index is 13.1. The Hall–Kier alpha value is -2.30. The molecular weight excluding hydrogens is 410 g/mol. The van der Waals surface area contributed by atoms with Crippen LogP contribution in [0.15, 0.2) is 18.2 Å². The molecule has 170 valence electrons. The third-order valence-corrected chi connectivity index (χ3v) is 6.09. The molecule has 1 aliphatic heterocycles. The van der Waals surface area contributed by atoms with Crippen LogP contribution in [-0.4, -0.2) is 67.8 Å². The van der Waals surface area contributed by atoms with Crippen LogP contribution in [0.1, 0.15) is 32.1 Å². The van der Waals surface area contributed by atoms with Crippen LogP contribution >= 0.6 is 0 Å². The number of morpholine rings is 1. The lowest BCUT2D eigenvalue weighted by molar-refractivity contribution is -0.125. The van der Waals surface area contributed by atoms with Gasteiger partial charge in [-0.05, 0) is 37.8 Å². The molecule has 2 aliphatic carbocycles. The third-order valence-electron chi connectivity index (χ3n) is 6.09. The van der Waals surface area contributed by atoms with Crippen LogP contribution in [0, 0.1) is 0 Å². The zero-order valence-corrected chi connectivity index (χ0v) is 17.3. The lowest BCUT2D eigenvalue weighted by atomic mass is 9.90. The number of hydrogen-bond donors (Lipinski definition) is 2. The van der Waals surface area contributed by atoms with Crippen molar-refractivity contribution in [3.8, 4) is 5.75 Å². The van der Waals surface area contributed by atoms with Crippen molar-refractivity contribution in [2.75, 3.05) is 36.5 Å². The van der Waals surface area contributed by atoms with Gasteiger partial charge in [-0.2, -0.15) is 8.78 Å². The van der Waals surface area contributed by atoms with E-state index in [1.807, 2.05) is 0 Å². The van der Waals surface area contributed by atoms with Crippen molar-refractivity contribution in [2.45, 2.75) is 56.8 Å². The van der Waals surface area contributed by atoms with Crippen LogP contribution in [0.25, 0.3) is 0 Å². The molecule has 8 nitrogen and oxygen atoms in total. The van der Waals surface area contributed by atoms with Gasteiger partial charge in [-0.1, -0.05) is 6.42 Å². The van der Waals surface area contributed by atoms with Gasteiger partial charge in [0.25, 0.3) is 5.91 Å². The highest BCUT2D eigenvalue weighted by atomic mass is 19.3. The molecule has 0 radical (unpaired) electrons. The first-order chi connectivity index (χ1) is 15.0. The predicted molar refractivity (Wildman–Crippen MR) is 110 cm³/mol. The Bertz CT molecular complexity index is 817. The topological polar surface area (TPSA) is 97.1 Å². The molecule has 1 aromatic carbocycles. The second kappa shape index (κ2) is 9.46. The Kier molecular flexibility index (Phi) is 6.68. The number of rotatable bonds is 9. The van der Waals surface area contributed by atoms with E-state index < -0.39 is 12.7 Å². The van der Waals surface area contributed by atoms with Crippen molar-refractivity contribution in [1.82, 2.24) is 4.90 Å². The summed E-state index contributed by atoms with van der Waals surface area (Å²) in [5.74, 6) is -0.803. The van der Waals surface area contributed by atoms with Gasteiger partial charge < -0.3 is 25.4 Å². The summed E-state index contributed by atoms with van der Waals surface area (Å²) in [5.41, 5.74) is 6.49. The molecule has 2 saturated carbocycles. The Morgan fingerprint density at radius 3 is 2.61 bits per heavy atom. The molecule has 1 heterocycles. The number of halogens is 2. The van der Waals surface area contributed by atoms with Crippen LogP contribution in [0.3, 0.4) is 0 Å². The number of carbonyl (C=O) groups is 2. The molecule has 0 aromatic heterocycles. The normalized spacial score (nSPS) is 20.7. The first-order valence-electron chi connectivity index (χ1n) is 10.7. The molecule has 4 rings (SSSR count). The van der Waals surface area contributed by atoms with Crippen LogP contribution in [-0.2, 0) is 14.3 Å². The van der Waals surface area contributed by atoms with E-state index in [0.29, 0.717) is 30.9 Å². The number of benzene rings is 1.